The lowest BCUT2D eigenvalue weighted by atomic mass is 9.76. The van der Waals surface area contributed by atoms with E-state index in [0.717, 1.165) is 11.6 Å². The highest BCUT2D eigenvalue weighted by Crippen LogP contribution is 2.37. The number of hydrogen-bond acceptors (Lipinski definition) is 2. The third-order valence-electron chi connectivity index (χ3n) is 4.66. The normalized spacial score (nSPS) is 23.2. The van der Waals surface area contributed by atoms with Gasteiger partial charge in [0.2, 0.25) is 0 Å². The topological polar surface area (TPSA) is 35.8 Å². The van der Waals surface area contributed by atoms with Crippen LogP contribution in [0, 0.1) is 22.7 Å². The molecule has 1 fully saturated rings. The van der Waals surface area contributed by atoms with Crippen LogP contribution in [0.15, 0.2) is 18.2 Å². The second kappa shape index (κ2) is 6.71. The van der Waals surface area contributed by atoms with E-state index in [9.17, 15) is 5.26 Å². The Kier molecular flexibility index (Phi) is 5.17. The maximum absolute atomic E-state index is 9.21. The molecule has 3 heteroatoms. The van der Waals surface area contributed by atoms with E-state index >= 15 is 0 Å². The van der Waals surface area contributed by atoms with Crippen molar-refractivity contribution in [3.63, 3.8) is 0 Å². The summed E-state index contributed by atoms with van der Waals surface area (Å²) in [7, 11) is 0. The van der Waals surface area contributed by atoms with Gasteiger partial charge in [-0.15, -0.1) is 0 Å². The number of nitriles is 1. The van der Waals surface area contributed by atoms with Crippen LogP contribution in [0.1, 0.15) is 58.4 Å². The zero-order valence-electron chi connectivity index (χ0n) is 13.2. The molecule has 0 aromatic heterocycles. The predicted octanol–water partition coefficient (Wildman–Crippen LogP) is 5.62. The Bertz CT molecular complexity index is 525. The molecule has 1 aromatic carbocycles. The molecule has 2 atom stereocenters. The molecular weight excluding hydrogens is 280 g/mol. The molecule has 0 radical (unpaired) electrons. The minimum absolute atomic E-state index is 0.392. The van der Waals surface area contributed by atoms with E-state index in [0.29, 0.717) is 22.0 Å². The first-order valence-corrected chi connectivity index (χ1v) is 8.24. The van der Waals surface area contributed by atoms with Gasteiger partial charge in [-0.2, -0.15) is 5.26 Å². The van der Waals surface area contributed by atoms with Crippen LogP contribution in [-0.2, 0) is 0 Å². The van der Waals surface area contributed by atoms with Crippen LogP contribution in [0.4, 0.5) is 5.69 Å². The first kappa shape index (κ1) is 16.2. The van der Waals surface area contributed by atoms with E-state index in [2.05, 4.69) is 32.2 Å². The van der Waals surface area contributed by atoms with Gasteiger partial charge in [0.25, 0.3) is 0 Å². The van der Waals surface area contributed by atoms with Crippen LogP contribution >= 0.6 is 11.6 Å². The summed E-state index contributed by atoms with van der Waals surface area (Å²) in [6, 6.07) is 8.12. The van der Waals surface area contributed by atoms with Gasteiger partial charge in [-0.05, 0) is 55.2 Å². The summed E-state index contributed by atoms with van der Waals surface area (Å²) < 4.78 is 0. The summed E-state index contributed by atoms with van der Waals surface area (Å²) in [5, 5.41) is 13.4. The average Bonchev–Trinajstić information content (AvgIpc) is 2.64. The van der Waals surface area contributed by atoms with Crippen molar-refractivity contribution in [2.75, 3.05) is 5.32 Å². The fourth-order valence-electron chi connectivity index (χ4n) is 3.27. The molecule has 0 spiro atoms. The first-order valence-electron chi connectivity index (χ1n) is 7.86. The van der Waals surface area contributed by atoms with Gasteiger partial charge in [0, 0.05) is 11.1 Å². The van der Waals surface area contributed by atoms with Crippen molar-refractivity contribution in [2.24, 2.45) is 11.3 Å². The van der Waals surface area contributed by atoms with Crippen molar-refractivity contribution >= 4 is 17.3 Å². The summed E-state index contributed by atoms with van der Waals surface area (Å²) in [5.41, 5.74) is 1.95. The van der Waals surface area contributed by atoms with E-state index in [-0.39, 0.29) is 0 Å². The van der Waals surface area contributed by atoms with Gasteiger partial charge in [-0.1, -0.05) is 38.8 Å². The van der Waals surface area contributed by atoms with E-state index in [4.69, 9.17) is 11.6 Å². The van der Waals surface area contributed by atoms with Gasteiger partial charge in [-0.25, -0.2) is 0 Å². The van der Waals surface area contributed by atoms with E-state index in [1.165, 1.54) is 32.1 Å². The zero-order valence-corrected chi connectivity index (χ0v) is 14.0. The van der Waals surface area contributed by atoms with E-state index < -0.39 is 0 Å². The fraction of sp³-hybridized carbons (Fsp3) is 0.611. The quantitative estimate of drug-likeness (QED) is 0.720. The van der Waals surface area contributed by atoms with Crippen LogP contribution in [-0.4, -0.2) is 6.04 Å². The number of anilines is 1. The van der Waals surface area contributed by atoms with Crippen molar-refractivity contribution in [3.8, 4) is 6.07 Å². The second-order valence-electron chi connectivity index (χ2n) is 7.21. The Balaban J connectivity index is 2.05. The number of nitrogens with zero attached hydrogens (tertiary/aromatic N) is 1. The highest BCUT2D eigenvalue weighted by atomic mass is 35.5. The van der Waals surface area contributed by atoms with Crippen molar-refractivity contribution < 1.29 is 0 Å². The van der Waals surface area contributed by atoms with Crippen molar-refractivity contribution in [3.05, 3.63) is 28.8 Å². The number of halogens is 1. The molecule has 0 aliphatic heterocycles. The lowest BCUT2D eigenvalue weighted by molar-refractivity contribution is 0.214. The smallest absolute Gasteiger partial charge is 0.101 e. The number of benzene rings is 1. The highest BCUT2D eigenvalue weighted by Gasteiger charge is 2.27. The molecule has 1 aliphatic carbocycles. The van der Waals surface area contributed by atoms with Gasteiger partial charge in [-0.3, -0.25) is 0 Å². The summed E-state index contributed by atoms with van der Waals surface area (Å²) in [6.07, 6.45) is 6.15. The molecule has 2 unspecified atom stereocenters. The number of nitrogens with one attached hydrogen (secondary N) is 1. The van der Waals surface area contributed by atoms with Gasteiger partial charge in [0.1, 0.15) is 6.07 Å². The highest BCUT2D eigenvalue weighted by molar-refractivity contribution is 6.30. The van der Waals surface area contributed by atoms with Crippen LogP contribution in [0.2, 0.25) is 5.02 Å². The lowest BCUT2D eigenvalue weighted by Crippen LogP contribution is -2.22. The number of hydrogen-bond donors (Lipinski definition) is 1. The molecule has 114 valence electrons. The molecule has 2 nitrogen and oxygen atoms in total. The van der Waals surface area contributed by atoms with Crippen LogP contribution in [0.3, 0.4) is 0 Å². The van der Waals surface area contributed by atoms with Gasteiger partial charge in [0.05, 0.1) is 11.3 Å². The molecule has 1 N–H and O–H groups in total. The Morgan fingerprint density at radius 1 is 1.19 bits per heavy atom. The van der Waals surface area contributed by atoms with Crippen LogP contribution in [0.5, 0.6) is 0 Å². The maximum atomic E-state index is 9.21. The standard InChI is InChI=1S/C18H25ClN2/c1-18(2,3)14-5-4-6-16(10-8-14)21-17-11-15(19)9-7-13(17)12-20/h7,9,11,14,16,21H,4-6,8,10H2,1-3H3. The summed E-state index contributed by atoms with van der Waals surface area (Å²) >= 11 is 6.06. The monoisotopic (exact) mass is 304 g/mol. The first-order chi connectivity index (χ1) is 9.90. The third kappa shape index (κ3) is 4.38. The van der Waals surface area contributed by atoms with Crippen molar-refractivity contribution in [1.82, 2.24) is 0 Å². The molecule has 0 bridgehead atoms. The lowest BCUT2D eigenvalue weighted by Gasteiger charge is -2.29. The Morgan fingerprint density at radius 2 is 1.95 bits per heavy atom. The van der Waals surface area contributed by atoms with Gasteiger partial charge >= 0.3 is 0 Å². The van der Waals surface area contributed by atoms with Crippen molar-refractivity contribution in [2.45, 2.75) is 58.9 Å². The van der Waals surface area contributed by atoms with E-state index in [1.54, 1.807) is 12.1 Å². The van der Waals surface area contributed by atoms with Gasteiger partial charge < -0.3 is 5.32 Å². The van der Waals surface area contributed by atoms with Crippen LogP contribution in [0.25, 0.3) is 0 Å². The molecule has 0 saturated heterocycles. The molecule has 1 aromatic rings. The Hall–Kier alpha value is -1.20. The van der Waals surface area contributed by atoms with Gasteiger partial charge in [0.15, 0.2) is 0 Å². The SMILES string of the molecule is CC(C)(C)C1CCCC(Nc2cc(Cl)ccc2C#N)CC1. The minimum atomic E-state index is 0.392. The average molecular weight is 305 g/mol. The van der Waals surface area contributed by atoms with E-state index in [1.807, 2.05) is 6.07 Å². The molecule has 0 heterocycles. The molecule has 1 aliphatic rings. The Morgan fingerprint density at radius 3 is 2.62 bits per heavy atom. The molecule has 2 rings (SSSR count). The third-order valence-corrected chi connectivity index (χ3v) is 4.89. The molecule has 0 amide bonds. The second-order valence-corrected chi connectivity index (χ2v) is 7.65. The Labute approximate surface area is 133 Å². The largest absolute Gasteiger partial charge is 0.381 e. The summed E-state index contributed by atoms with van der Waals surface area (Å²) in [6.45, 7) is 7.03. The predicted molar refractivity (Wildman–Crippen MR) is 89.6 cm³/mol. The minimum Gasteiger partial charge on any atom is -0.381 e. The van der Waals surface area contributed by atoms with Crippen molar-refractivity contribution in [1.29, 1.82) is 5.26 Å². The zero-order chi connectivity index (χ0) is 15.5. The van der Waals surface area contributed by atoms with Crippen LogP contribution < -0.4 is 5.32 Å². The molecular formula is C18H25ClN2. The summed E-state index contributed by atoms with van der Waals surface area (Å²) in [4.78, 5) is 0. The molecule has 21 heavy (non-hydrogen) atoms. The fourth-order valence-corrected chi connectivity index (χ4v) is 3.44. The number of rotatable bonds is 2. The maximum Gasteiger partial charge on any atom is 0.101 e. The summed E-state index contributed by atoms with van der Waals surface area (Å²) in [5.74, 6) is 0.791. The molecule has 1 saturated carbocycles.